The first-order valence-electron chi connectivity index (χ1n) is 3.73. The maximum atomic E-state index is 11.6. The van der Waals surface area contributed by atoms with Crippen LogP contribution in [0.2, 0.25) is 0 Å². The molecule has 0 aliphatic carbocycles. The Hall–Kier alpha value is -1.00. The molecule has 0 aromatic rings. The van der Waals surface area contributed by atoms with Crippen LogP contribution in [0.15, 0.2) is 12.3 Å². The van der Waals surface area contributed by atoms with Crippen molar-refractivity contribution in [2.45, 2.75) is 20.0 Å². The van der Waals surface area contributed by atoms with E-state index in [0.717, 1.165) is 6.26 Å². The van der Waals surface area contributed by atoms with Crippen LogP contribution in [0.1, 0.15) is 13.8 Å². The molecule has 0 radical (unpaired) electrons. The lowest BCUT2D eigenvalue weighted by atomic mass is 10.2. The molecule has 0 aliphatic heterocycles. The number of hydrogen-bond acceptors (Lipinski definition) is 2. The summed E-state index contributed by atoms with van der Waals surface area (Å²) in [7, 11) is 0. The summed E-state index contributed by atoms with van der Waals surface area (Å²) in [4.78, 5) is 10.2. The molecule has 0 saturated heterocycles. The summed E-state index contributed by atoms with van der Waals surface area (Å²) in [6, 6.07) is 0. The molecule has 0 aliphatic rings. The van der Waals surface area contributed by atoms with Gasteiger partial charge in [0.05, 0.1) is 12.9 Å². The zero-order valence-electron chi connectivity index (χ0n) is 7.39. The number of allylic oxidation sites excluding steroid dienone is 1. The van der Waals surface area contributed by atoms with Gasteiger partial charge in [-0.1, -0.05) is 13.8 Å². The van der Waals surface area contributed by atoms with E-state index in [0.29, 0.717) is 12.7 Å². The third-order valence-electron chi connectivity index (χ3n) is 1.02. The van der Waals surface area contributed by atoms with E-state index in [9.17, 15) is 18.0 Å². The summed E-state index contributed by atoms with van der Waals surface area (Å²) < 4.78 is 39.4. The smallest absolute Gasteiger partial charge is 0.454 e. The van der Waals surface area contributed by atoms with Crippen LogP contribution in [-0.2, 0) is 9.53 Å². The van der Waals surface area contributed by atoms with Crippen molar-refractivity contribution >= 4 is 5.78 Å². The Bertz CT molecular complexity index is 194. The molecule has 0 aromatic heterocycles. The molecule has 76 valence electrons. The Labute approximate surface area is 74.4 Å². The van der Waals surface area contributed by atoms with Crippen LogP contribution in [0.3, 0.4) is 0 Å². The summed E-state index contributed by atoms with van der Waals surface area (Å²) in [5.74, 6) is -1.69. The van der Waals surface area contributed by atoms with E-state index in [1.807, 2.05) is 13.8 Å². The van der Waals surface area contributed by atoms with Gasteiger partial charge >= 0.3 is 6.18 Å². The second kappa shape index (κ2) is 4.89. The molecule has 0 amide bonds. The number of ether oxygens (including phenoxy) is 1. The number of hydrogen-bond donors (Lipinski definition) is 0. The SMILES string of the molecule is CC(C)COC=CC(=O)C(F)(F)F. The van der Waals surface area contributed by atoms with Crippen molar-refractivity contribution in [1.82, 2.24) is 0 Å². The molecular formula is C8H11F3O2. The third kappa shape index (κ3) is 6.19. The number of halogens is 3. The van der Waals surface area contributed by atoms with Gasteiger partial charge in [-0.15, -0.1) is 0 Å². The first-order valence-corrected chi connectivity index (χ1v) is 3.73. The van der Waals surface area contributed by atoms with Crippen molar-refractivity contribution in [2.75, 3.05) is 6.61 Å². The summed E-state index contributed by atoms with van der Waals surface area (Å²) in [5.41, 5.74) is 0. The molecule has 0 rings (SSSR count). The second-order valence-electron chi connectivity index (χ2n) is 2.89. The van der Waals surface area contributed by atoms with Gasteiger partial charge in [-0.3, -0.25) is 4.79 Å². The predicted molar refractivity (Wildman–Crippen MR) is 41.0 cm³/mol. The number of carbonyl (C=O) groups is 1. The van der Waals surface area contributed by atoms with E-state index in [-0.39, 0.29) is 5.92 Å². The standard InChI is InChI=1S/C8H11F3O2/c1-6(2)5-13-4-3-7(12)8(9,10)11/h3-4,6H,5H2,1-2H3. The van der Waals surface area contributed by atoms with Crippen LogP contribution in [0, 0.1) is 5.92 Å². The van der Waals surface area contributed by atoms with Gasteiger partial charge in [0, 0.05) is 6.08 Å². The highest BCUT2D eigenvalue weighted by Crippen LogP contribution is 2.16. The highest BCUT2D eigenvalue weighted by atomic mass is 19.4. The van der Waals surface area contributed by atoms with Gasteiger partial charge in [-0.05, 0) is 5.92 Å². The highest BCUT2D eigenvalue weighted by molar-refractivity contribution is 5.94. The zero-order valence-corrected chi connectivity index (χ0v) is 7.39. The number of alkyl halides is 3. The summed E-state index contributed by atoms with van der Waals surface area (Å²) >= 11 is 0. The van der Waals surface area contributed by atoms with Crippen LogP contribution in [-0.4, -0.2) is 18.6 Å². The van der Waals surface area contributed by atoms with Gasteiger partial charge in [0.15, 0.2) is 0 Å². The first-order chi connectivity index (χ1) is 5.84. The van der Waals surface area contributed by atoms with Gasteiger partial charge in [-0.2, -0.15) is 13.2 Å². The minimum absolute atomic E-state index is 0.214. The maximum absolute atomic E-state index is 11.6. The Balaban J connectivity index is 3.80. The molecule has 5 heteroatoms. The lowest BCUT2D eigenvalue weighted by molar-refractivity contribution is -0.165. The average molecular weight is 196 g/mol. The van der Waals surface area contributed by atoms with Crippen LogP contribution in [0.25, 0.3) is 0 Å². The fraction of sp³-hybridized carbons (Fsp3) is 0.625. The van der Waals surface area contributed by atoms with Crippen molar-refractivity contribution in [2.24, 2.45) is 5.92 Å². The van der Waals surface area contributed by atoms with Gasteiger partial charge in [0.25, 0.3) is 5.78 Å². The van der Waals surface area contributed by atoms with Crippen molar-refractivity contribution in [1.29, 1.82) is 0 Å². The monoisotopic (exact) mass is 196 g/mol. The molecule has 0 saturated carbocycles. The summed E-state index contributed by atoms with van der Waals surface area (Å²) in [6.45, 7) is 3.99. The topological polar surface area (TPSA) is 26.3 Å². The highest BCUT2D eigenvalue weighted by Gasteiger charge is 2.36. The van der Waals surface area contributed by atoms with Gasteiger partial charge in [0.1, 0.15) is 0 Å². The van der Waals surface area contributed by atoms with Crippen LogP contribution >= 0.6 is 0 Å². The molecule has 0 bridgehead atoms. The third-order valence-corrected chi connectivity index (χ3v) is 1.02. The normalized spacial score (nSPS) is 12.5. The number of rotatable bonds is 4. The molecular weight excluding hydrogens is 185 g/mol. The average Bonchev–Trinajstić information content (AvgIpc) is 1.95. The molecule has 0 fully saturated rings. The lowest BCUT2D eigenvalue weighted by Crippen LogP contribution is -2.20. The molecule has 0 heterocycles. The zero-order chi connectivity index (χ0) is 10.5. The Morgan fingerprint density at radius 1 is 1.46 bits per heavy atom. The van der Waals surface area contributed by atoms with Gasteiger partial charge in [-0.25, -0.2) is 0 Å². The van der Waals surface area contributed by atoms with Crippen molar-refractivity contribution < 1.29 is 22.7 Å². The van der Waals surface area contributed by atoms with E-state index in [4.69, 9.17) is 0 Å². The van der Waals surface area contributed by atoms with E-state index in [1.54, 1.807) is 0 Å². The molecule has 2 nitrogen and oxygen atoms in total. The molecule has 0 N–H and O–H groups in total. The van der Waals surface area contributed by atoms with Crippen LogP contribution in [0.5, 0.6) is 0 Å². The van der Waals surface area contributed by atoms with E-state index < -0.39 is 12.0 Å². The summed E-state index contributed by atoms with van der Waals surface area (Å²) in [5, 5.41) is 0. The van der Waals surface area contributed by atoms with E-state index in [2.05, 4.69) is 4.74 Å². The quantitative estimate of drug-likeness (QED) is 0.509. The largest absolute Gasteiger partial charge is 0.501 e. The number of carbonyl (C=O) groups excluding carboxylic acids is 1. The maximum Gasteiger partial charge on any atom is 0.454 e. The Kier molecular flexibility index (Phi) is 4.51. The molecule has 0 spiro atoms. The molecule has 0 unspecified atom stereocenters. The van der Waals surface area contributed by atoms with Crippen molar-refractivity contribution in [3.05, 3.63) is 12.3 Å². The molecule has 13 heavy (non-hydrogen) atoms. The van der Waals surface area contributed by atoms with E-state index in [1.165, 1.54) is 0 Å². The summed E-state index contributed by atoms with van der Waals surface area (Å²) in [6.07, 6.45) is -3.66. The van der Waals surface area contributed by atoms with Crippen LogP contribution in [0.4, 0.5) is 13.2 Å². The first kappa shape index (κ1) is 12.0. The second-order valence-corrected chi connectivity index (χ2v) is 2.89. The van der Waals surface area contributed by atoms with Crippen molar-refractivity contribution in [3.8, 4) is 0 Å². The fourth-order valence-corrected chi connectivity index (χ4v) is 0.452. The van der Waals surface area contributed by atoms with Crippen LogP contribution < -0.4 is 0 Å². The minimum atomic E-state index is -4.81. The van der Waals surface area contributed by atoms with E-state index >= 15 is 0 Å². The minimum Gasteiger partial charge on any atom is -0.501 e. The Morgan fingerprint density at radius 2 is 2.00 bits per heavy atom. The lowest BCUT2D eigenvalue weighted by Gasteiger charge is -2.03. The molecule has 0 aromatic carbocycles. The van der Waals surface area contributed by atoms with Gasteiger partial charge in [0.2, 0.25) is 0 Å². The predicted octanol–water partition coefficient (Wildman–Crippen LogP) is 2.30. The fourth-order valence-electron chi connectivity index (χ4n) is 0.452. The Morgan fingerprint density at radius 3 is 2.38 bits per heavy atom. The van der Waals surface area contributed by atoms with Crippen molar-refractivity contribution in [3.63, 3.8) is 0 Å². The van der Waals surface area contributed by atoms with Gasteiger partial charge < -0.3 is 4.74 Å². The number of ketones is 1. The molecule has 0 atom stereocenters.